The van der Waals surface area contributed by atoms with E-state index in [1.54, 1.807) is 11.8 Å². The fourth-order valence-corrected chi connectivity index (χ4v) is 2.84. The summed E-state index contributed by atoms with van der Waals surface area (Å²) in [7, 11) is 0. The van der Waals surface area contributed by atoms with Crippen molar-refractivity contribution in [1.82, 2.24) is 0 Å². The Morgan fingerprint density at radius 2 is 1.62 bits per heavy atom. The number of anilines is 1. The van der Waals surface area contributed by atoms with Crippen molar-refractivity contribution in [1.29, 1.82) is 0 Å². The standard InChI is InChI=1S/C19H15NS/c20-18-9-3-4-10-19(18)21-13-5-6-15-11-12-16-7-1-2-8-17(16)14-15/h1-4,7-12,14H,13,20H2. The van der Waals surface area contributed by atoms with Crippen LogP contribution in [0.15, 0.2) is 71.6 Å². The molecule has 3 rings (SSSR count). The maximum absolute atomic E-state index is 5.91. The van der Waals surface area contributed by atoms with Gasteiger partial charge in [0.05, 0.1) is 5.75 Å². The van der Waals surface area contributed by atoms with Gasteiger partial charge in [0.25, 0.3) is 0 Å². The number of hydrogen-bond acceptors (Lipinski definition) is 2. The molecule has 1 nitrogen and oxygen atoms in total. The van der Waals surface area contributed by atoms with Crippen molar-refractivity contribution < 1.29 is 0 Å². The van der Waals surface area contributed by atoms with Crippen LogP contribution >= 0.6 is 11.8 Å². The summed E-state index contributed by atoms with van der Waals surface area (Å²) in [6.07, 6.45) is 0. The van der Waals surface area contributed by atoms with Gasteiger partial charge in [-0.2, -0.15) is 0 Å². The minimum Gasteiger partial charge on any atom is -0.398 e. The maximum Gasteiger partial charge on any atom is 0.0599 e. The third-order valence-corrected chi connectivity index (χ3v) is 4.17. The predicted molar refractivity (Wildman–Crippen MR) is 92.4 cm³/mol. The van der Waals surface area contributed by atoms with E-state index in [9.17, 15) is 0 Å². The Hall–Kier alpha value is -2.37. The second-order valence-electron chi connectivity index (χ2n) is 4.69. The number of nitrogens with two attached hydrogens (primary N) is 1. The highest BCUT2D eigenvalue weighted by Gasteiger charge is 1.96. The van der Waals surface area contributed by atoms with E-state index < -0.39 is 0 Å². The van der Waals surface area contributed by atoms with Gasteiger partial charge >= 0.3 is 0 Å². The van der Waals surface area contributed by atoms with Gasteiger partial charge in [-0.15, -0.1) is 11.8 Å². The van der Waals surface area contributed by atoms with Crippen LogP contribution in [0.2, 0.25) is 0 Å². The lowest BCUT2D eigenvalue weighted by Gasteiger charge is -2.01. The number of benzene rings is 3. The molecule has 0 spiro atoms. The fourth-order valence-electron chi connectivity index (χ4n) is 2.13. The molecule has 3 aromatic carbocycles. The lowest BCUT2D eigenvalue weighted by Crippen LogP contribution is -1.87. The minimum absolute atomic E-state index is 0.737. The van der Waals surface area contributed by atoms with Crippen LogP contribution in [-0.2, 0) is 0 Å². The molecule has 0 amide bonds. The van der Waals surface area contributed by atoms with Gasteiger partial charge in [-0.05, 0) is 35.0 Å². The molecular weight excluding hydrogens is 274 g/mol. The van der Waals surface area contributed by atoms with Crippen LogP contribution in [0.1, 0.15) is 5.56 Å². The lowest BCUT2D eigenvalue weighted by atomic mass is 10.1. The first-order valence-corrected chi connectivity index (χ1v) is 7.76. The molecule has 0 aliphatic carbocycles. The Kier molecular flexibility index (Phi) is 4.14. The van der Waals surface area contributed by atoms with E-state index >= 15 is 0 Å². The van der Waals surface area contributed by atoms with E-state index in [1.807, 2.05) is 30.3 Å². The van der Waals surface area contributed by atoms with Crippen molar-refractivity contribution in [2.24, 2.45) is 0 Å². The molecule has 0 radical (unpaired) electrons. The molecule has 0 bridgehead atoms. The smallest absolute Gasteiger partial charge is 0.0599 e. The predicted octanol–water partition coefficient (Wildman–Crippen LogP) is 4.57. The van der Waals surface area contributed by atoms with Gasteiger partial charge in [0.2, 0.25) is 0 Å². The third-order valence-electron chi connectivity index (χ3n) is 3.20. The topological polar surface area (TPSA) is 26.0 Å². The van der Waals surface area contributed by atoms with Crippen LogP contribution in [0.4, 0.5) is 5.69 Å². The molecule has 0 unspecified atom stereocenters. The zero-order valence-corrected chi connectivity index (χ0v) is 12.4. The molecule has 0 atom stereocenters. The van der Waals surface area contributed by atoms with Crippen molar-refractivity contribution >= 4 is 28.2 Å². The maximum atomic E-state index is 5.91. The van der Waals surface area contributed by atoms with Gasteiger partial charge in [0.1, 0.15) is 0 Å². The molecule has 0 saturated carbocycles. The number of rotatable bonds is 2. The average molecular weight is 289 g/mol. The first-order valence-electron chi connectivity index (χ1n) is 6.78. The molecule has 21 heavy (non-hydrogen) atoms. The molecule has 0 aliphatic heterocycles. The molecule has 0 heterocycles. The van der Waals surface area contributed by atoms with Crippen LogP contribution in [0, 0.1) is 11.8 Å². The van der Waals surface area contributed by atoms with Crippen molar-refractivity contribution in [2.75, 3.05) is 11.5 Å². The number of para-hydroxylation sites is 1. The Morgan fingerprint density at radius 3 is 2.48 bits per heavy atom. The average Bonchev–Trinajstić information content (AvgIpc) is 2.53. The molecule has 3 aromatic rings. The Bertz CT molecular complexity index is 827. The normalized spacial score (nSPS) is 10.1. The van der Waals surface area contributed by atoms with Crippen LogP contribution in [0.3, 0.4) is 0 Å². The largest absolute Gasteiger partial charge is 0.398 e. The summed E-state index contributed by atoms with van der Waals surface area (Å²) < 4.78 is 0. The zero-order chi connectivity index (χ0) is 14.5. The van der Waals surface area contributed by atoms with Crippen molar-refractivity contribution in [3.63, 3.8) is 0 Å². The second-order valence-corrected chi connectivity index (χ2v) is 5.71. The fraction of sp³-hybridized carbons (Fsp3) is 0.0526. The van der Waals surface area contributed by atoms with Crippen molar-refractivity contribution in [3.05, 3.63) is 72.3 Å². The van der Waals surface area contributed by atoms with Gasteiger partial charge in [-0.25, -0.2) is 0 Å². The summed E-state index contributed by atoms with van der Waals surface area (Å²) in [6, 6.07) is 22.5. The van der Waals surface area contributed by atoms with E-state index in [0.29, 0.717) is 0 Å². The second kappa shape index (κ2) is 6.39. The Labute approximate surface area is 129 Å². The number of fused-ring (bicyclic) bond motifs is 1. The highest BCUT2D eigenvalue weighted by molar-refractivity contribution is 7.99. The summed E-state index contributed by atoms with van der Waals surface area (Å²) in [6.45, 7) is 0. The third kappa shape index (κ3) is 3.39. The summed E-state index contributed by atoms with van der Waals surface area (Å²) in [5.41, 5.74) is 7.77. The summed E-state index contributed by atoms with van der Waals surface area (Å²) in [5.74, 6) is 7.15. The first kappa shape index (κ1) is 13.6. The van der Waals surface area contributed by atoms with Crippen LogP contribution in [-0.4, -0.2) is 5.75 Å². The SMILES string of the molecule is Nc1ccccc1SCC#Cc1ccc2ccccc2c1. The highest BCUT2D eigenvalue weighted by Crippen LogP contribution is 2.23. The monoisotopic (exact) mass is 289 g/mol. The number of nitrogen functional groups attached to an aromatic ring is 1. The molecule has 102 valence electrons. The van der Waals surface area contributed by atoms with E-state index in [4.69, 9.17) is 5.73 Å². The van der Waals surface area contributed by atoms with E-state index in [1.165, 1.54) is 10.8 Å². The van der Waals surface area contributed by atoms with Gasteiger partial charge in [-0.3, -0.25) is 0 Å². The molecule has 2 N–H and O–H groups in total. The van der Waals surface area contributed by atoms with Crippen LogP contribution < -0.4 is 5.73 Å². The quantitative estimate of drug-likeness (QED) is 0.425. The minimum atomic E-state index is 0.737. The highest BCUT2D eigenvalue weighted by atomic mass is 32.2. The van der Waals surface area contributed by atoms with Gasteiger partial charge in [-0.1, -0.05) is 54.3 Å². The lowest BCUT2D eigenvalue weighted by molar-refractivity contribution is 1.46. The van der Waals surface area contributed by atoms with Crippen molar-refractivity contribution in [3.8, 4) is 11.8 Å². The summed E-state index contributed by atoms with van der Waals surface area (Å²) in [5, 5.41) is 2.47. The van der Waals surface area contributed by atoms with E-state index in [-0.39, 0.29) is 0 Å². The molecule has 0 aromatic heterocycles. The van der Waals surface area contributed by atoms with E-state index in [2.05, 4.69) is 48.2 Å². The summed E-state index contributed by atoms with van der Waals surface area (Å²) >= 11 is 1.67. The Balaban J connectivity index is 1.70. The number of hydrogen-bond donors (Lipinski definition) is 1. The van der Waals surface area contributed by atoms with Crippen LogP contribution in [0.25, 0.3) is 10.8 Å². The molecule has 2 heteroatoms. The molecular formula is C19H15NS. The van der Waals surface area contributed by atoms with Crippen molar-refractivity contribution in [2.45, 2.75) is 4.90 Å². The summed E-state index contributed by atoms with van der Waals surface area (Å²) in [4.78, 5) is 1.09. The molecule has 0 aliphatic rings. The molecule has 0 fully saturated rings. The van der Waals surface area contributed by atoms with Gasteiger partial charge in [0.15, 0.2) is 0 Å². The number of thioether (sulfide) groups is 1. The van der Waals surface area contributed by atoms with E-state index in [0.717, 1.165) is 21.9 Å². The van der Waals surface area contributed by atoms with Gasteiger partial charge < -0.3 is 5.73 Å². The molecule has 0 saturated heterocycles. The van der Waals surface area contributed by atoms with Crippen LogP contribution in [0.5, 0.6) is 0 Å². The van der Waals surface area contributed by atoms with Gasteiger partial charge in [0, 0.05) is 16.1 Å². The first-order chi connectivity index (χ1) is 10.3. The zero-order valence-electron chi connectivity index (χ0n) is 11.5. The Morgan fingerprint density at radius 1 is 0.857 bits per heavy atom.